The minimum absolute atomic E-state index is 0.0120. The predicted molar refractivity (Wildman–Crippen MR) is 59.8 cm³/mol. The molecule has 0 radical (unpaired) electrons. The molecule has 5 heteroatoms. The number of likely N-dealkylation sites (N-methyl/N-ethyl adjacent to an activating group) is 1. The lowest BCUT2D eigenvalue weighted by Gasteiger charge is -2.33. The van der Waals surface area contributed by atoms with Crippen molar-refractivity contribution >= 4 is 11.8 Å². The summed E-state index contributed by atoms with van der Waals surface area (Å²) in [6.07, 6.45) is 0. The van der Waals surface area contributed by atoms with E-state index in [2.05, 4.69) is 5.32 Å². The Hall–Kier alpha value is -1.36. The van der Waals surface area contributed by atoms with Crippen molar-refractivity contribution in [1.29, 1.82) is 0 Å². The Kier molecular flexibility index (Phi) is 2.96. The van der Waals surface area contributed by atoms with Crippen molar-refractivity contribution in [3.63, 3.8) is 0 Å². The lowest BCUT2D eigenvalue weighted by molar-refractivity contribution is -0.142. The normalized spacial score (nSPS) is 20.9. The Labute approximate surface area is 95.1 Å². The minimum Gasteiger partial charge on any atom is -0.342 e. The van der Waals surface area contributed by atoms with Crippen molar-refractivity contribution in [1.82, 2.24) is 15.1 Å². The van der Waals surface area contributed by atoms with Gasteiger partial charge in [0, 0.05) is 38.8 Å². The third kappa shape index (κ3) is 1.95. The van der Waals surface area contributed by atoms with Gasteiger partial charge in [-0.15, -0.1) is 0 Å². The van der Waals surface area contributed by atoms with Crippen LogP contribution < -0.4 is 5.32 Å². The second kappa shape index (κ2) is 4.25. The van der Waals surface area contributed by atoms with Crippen LogP contribution in [0.1, 0.15) is 6.92 Å². The largest absolute Gasteiger partial charge is 0.342 e. The maximum atomic E-state index is 12.1. The number of amides is 2. The summed E-state index contributed by atoms with van der Waals surface area (Å²) < 4.78 is 0. The fourth-order valence-electron chi connectivity index (χ4n) is 1.84. The van der Waals surface area contributed by atoms with Crippen LogP contribution in [0.4, 0.5) is 0 Å². The molecule has 2 aliphatic rings. The minimum atomic E-state index is 0.0120. The second-order valence-electron chi connectivity index (χ2n) is 4.37. The molecule has 16 heavy (non-hydrogen) atoms. The molecule has 0 bridgehead atoms. The standard InChI is InChI=1S/C11H17N3O2/c1-8(9-5-12-6-9)11(16)14-4-3-13(2)10(15)7-14/h12H,3-7H2,1-2H3. The van der Waals surface area contributed by atoms with Crippen molar-refractivity contribution in [2.75, 3.05) is 39.8 Å². The van der Waals surface area contributed by atoms with Crippen molar-refractivity contribution in [3.05, 3.63) is 11.1 Å². The van der Waals surface area contributed by atoms with E-state index < -0.39 is 0 Å². The quantitative estimate of drug-likeness (QED) is 0.593. The van der Waals surface area contributed by atoms with Gasteiger partial charge >= 0.3 is 0 Å². The highest BCUT2D eigenvalue weighted by Gasteiger charge is 2.27. The van der Waals surface area contributed by atoms with Gasteiger partial charge in [0.05, 0.1) is 0 Å². The summed E-state index contributed by atoms with van der Waals surface area (Å²) in [5, 5.41) is 3.11. The Morgan fingerprint density at radius 3 is 2.50 bits per heavy atom. The van der Waals surface area contributed by atoms with Gasteiger partial charge in [-0.25, -0.2) is 0 Å². The number of nitrogens with one attached hydrogen (secondary N) is 1. The first-order valence-corrected chi connectivity index (χ1v) is 5.52. The third-order valence-corrected chi connectivity index (χ3v) is 3.27. The fourth-order valence-corrected chi connectivity index (χ4v) is 1.84. The molecule has 0 unspecified atom stereocenters. The number of hydrogen-bond donors (Lipinski definition) is 1. The first-order chi connectivity index (χ1) is 7.59. The average Bonchev–Trinajstić information content (AvgIpc) is 2.18. The summed E-state index contributed by atoms with van der Waals surface area (Å²) in [7, 11) is 1.77. The Morgan fingerprint density at radius 1 is 1.31 bits per heavy atom. The molecule has 2 rings (SSSR count). The molecule has 0 aromatic heterocycles. The number of carbonyl (C=O) groups is 2. The van der Waals surface area contributed by atoms with E-state index in [9.17, 15) is 9.59 Å². The van der Waals surface area contributed by atoms with E-state index in [1.807, 2.05) is 6.92 Å². The second-order valence-corrected chi connectivity index (χ2v) is 4.37. The van der Waals surface area contributed by atoms with Crippen LogP contribution in [0.2, 0.25) is 0 Å². The smallest absolute Gasteiger partial charge is 0.250 e. The van der Waals surface area contributed by atoms with Gasteiger partial charge in [0.1, 0.15) is 6.54 Å². The molecule has 2 aliphatic heterocycles. The van der Waals surface area contributed by atoms with Gasteiger partial charge in [-0.2, -0.15) is 0 Å². The van der Waals surface area contributed by atoms with Crippen LogP contribution in [-0.2, 0) is 9.59 Å². The van der Waals surface area contributed by atoms with Gasteiger partial charge in [0.15, 0.2) is 0 Å². The molecule has 5 nitrogen and oxygen atoms in total. The molecular formula is C11H17N3O2. The first kappa shape index (κ1) is 11.1. The Morgan fingerprint density at radius 2 is 2.00 bits per heavy atom. The number of nitrogens with zero attached hydrogens (tertiary/aromatic N) is 2. The molecule has 88 valence electrons. The summed E-state index contributed by atoms with van der Waals surface area (Å²) >= 11 is 0. The van der Waals surface area contributed by atoms with Crippen LogP contribution in [0.3, 0.4) is 0 Å². The highest BCUT2D eigenvalue weighted by Crippen LogP contribution is 2.13. The molecule has 2 fully saturated rings. The molecule has 0 aromatic carbocycles. The molecule has 2 heterocycles. The van der Waals surface area contributed by atoms with E-state index in [-0.39, 0.29) is 18.4 Å². The van der Waals surface area contributed by atoms with E-state index in [1.54, 1.807) is 16.8 Å². The number of carbonyl (C=O) groups excluding carboxylic acids is 2. The topological polar surface area (TPSA) is 52.7 Å². The SMILES string of the molecule is CC(C(=O)N1CCN(C)C(=O)C1)=C1CNC1. The van der Waals surface area contributed by atoms with E-state index in [4.69, 9.17) is 0 Å². The van der Waals surface area contributed by atoms with Crippen LogP contribution in [0.25, 0.3) is 0 Å². The van der Waals surface area contributed by atoms with E-state index >= 15 is 0 Å². The van der Waals surface area contributed by atoms with Gasteiger partial charge < -0.3 is 15.1 Å². The molecule has 0 saturated carbocycles. The molecule has 2 saturated heterocycles. The predicted octanol–water partition coefficient (Wildman–Crippen LogP) is -0.793. The van der Waals surface area contributed by atoms with E-state index in [0.717, 1.165) is 24.2 Å². The zero-order valence-electron chi connectivity index (χ0n) is 9.75. The summed E-state index contributed by atoms with van der Waals surface area (Å²) in [5.41, 5.74) is 1.97. The summed E-state index contributed by atoms with van der Waals surface area (Å²) in [5.74, 6) is 0.0297. The molecule has 0 aliphatic carbocycles. The van der Waals surface area contributed by atoms with Gasteiger partial charge in [-0.1, -0.05) is 0 Å². The Bertz CT molecular complexity index is 356. The molecular weight excluding hydrogens is 206 g/mol. The lowest BCUT2D eigenvalue weighted by atomic mass is 10.0. The van der Waals surface area contributed by atoms with Crippen molar-refractivity contribution in [2.45, 2.75) is 6.92 Å². The summed E-state index contributed by atoms with van der Waals surface area (Å²) in [4.78, 5) is 26.8. The van der Waals surface area contributed by atoms with Crippen LogP contribution in [0.5, 0.6) is 0 Å². The number of hydrogen-bond acceptors (Lipinski definition) is 3. The zero-order valence-corrected chi connectivity index (χ0v) is 9.75. The van der Waals surface area contributed by atoms with E-state index in [0.29, 0.717) is 13.1 Å². The Balaban J connectivity index is 2.03. The lowest BCUT2D eigenvalue weighted by Crippen LogP contribution is -2.51. The fraction of sp³-hybridized carbons (Fsp3) is 0.636. The molecule has 0 spiro atoms. The van der Waals surface area contributed by atoms with Gasteiger partial charge in [-0.05, 0) is 12.5 Å². The number of rotatable bonds is 1. The third-order valence-electron chi connectivity index (χ3n) is 3.27. The highest BCUT2D eigenvalue weighted by atomic mass is 16.2. The number of piperazine rings is 1. The van der Waals surface area contributed by atoms with Crippen molar-refractivity contribution in [2.24, 2.45) is 0 Å². The van der Waals surface area contributed by atoms with Crippen LogP contribution in [-0.4, -0.2) is 61.4 Å². The van der Waals surface area contributed by atoms with Gasteiger partial charge in [0.2, 0.25) is 11.8 Å². The zero-order chi connectivity index (χ0) is 11.7. The maximum Gasteiger partial charge on any atom is 0.250 e. The van der Waals surface area contributed by atoms with E-state index in [1.165, 1.54) is 0 Å². The van der Waals surface area contributed by atoms with Gasteiger partial charge in [-0.3, -0.25) is 9.59 Å². The molecule has 0 aromatic rings. The van der Waals surface area contributed by atoms with Gasteiger partial charge in [0.25, 0.3) is 0 Å². The summed E-state index contributed by atoms with van der Waals surface area (Å²) in [6.45, 7) is 4.94. The first-order valence-electron chi connectivity index (χ1n) is 5.52. The van der Waals surface area contributed by atoms with Crippen LogP contribution >= 0.6 is 0 Å². The monoisotopic (exact) mass is 223 g/mol. The summed E-state index contributed by atoms with van der Waals surface area (Å²) in [6, 6.07) is 0. The molecule has 2 amide bonds. The molecule has 0 atom stereocenters. The van der Waals surface area contributed by atoms with Crippen molar-refractivity contribution in [3.8, 4) is 0 Å². The van der Waals surface area contributed by atoms with Crippen molar-refractivity contribution < 1.29 is 9.59 Å². The van der Waals surface area contributed by atoms with Crippen LogP contribution in [0.15, 0.2) is 11.1 Å². The molecule has 1 N–H and O–H groups in total. The maximum absolute atomic E-state index is 12.1. The highest BCUT2D eigenvalue weighted by molar-refractivity contribution is 5.96. The average molecular weight is 223 g/mol. The van der Waals surface area contributed by atoms with Crippen LogP contribution in [0, 0.1) is 0 Å².